The Hall–Kier alpha value is -3.35. The first-order valence-electron chi connectivity index (χ1n) is 8.69. The third-order valence-electron chi connectivity index (χ3n) is 4.30. The molecule has 2 N–H and O–H groups in total. The van der Waals surface area contributed by atoms with Crippen LogP contribution in [0.3, 0.4) is 0 Å². The van der Waals surface area contributed by atoms with Crippen LogP contribution in [-0.2, 0) is 9.59 Å². The summed E-state index contributed by atoms with van der Waals surface area (Å²) in [4.78, 5) is 37.6. The maximum Gasteiger partial charge on any atom is 0.251 e. The van der Waals surface area contributed by atoms with Crippen LogP contribution < -0.4 is 20.3 Å². The standard InChI is InChI=1S/C20H21N3O4/c1-27-17-10-4-14(5-11-17)20(26)21-13-18(24)22-15-6-8-16(9-7-15)23-12-2-3-19(23)25/h4-11H,2-3,12-13H2,1H3,(H,21,26)(H,22,24). The van der Waals surface area contributed by atoms with Gasteiger partial charge in [-0.2, -0.15) is 0 Å². The van der Waals surface area contributed by atoms with E-state index in [1.54, 1.807) is 60.5 Å². The van der Waals surface area contributed by atoms with Crippen LogP contribution in [0, 0.1) is 0 Å². The Morgan fingerprint density at radius 2 is 1.78 bits per heavy atom. The molecule has 1 fully saturated rings. The molecule has 0 saturated carbocycles. The Kier molecular flexibility index (Phi) is 5.71. The summed E-state index contributed by atoms with van der Waals surface area (Å²) in [5, 5.41) is 5.29. The first kappa shape index (κ1) is 18.4. The lowest BCUT2D eigenvalue weighted by atomic mass is 10.2. The van der Waals surface area contributed by atoms with Gasteiger partial charge in [-0.05, 0) is 55.0 Å². The largest absolute Gasteiger partial charge is 0.497 e. The van der Waals surface area contributed by atoms with Crippen LogP contribution in [0.2, 0.25) is 0 Å². The number of hydrogen-bond donors (Lipinski definition) is 2. The number of rotatable bonds is 6. The van der Waals surface area contributed by atoms with Gasteiger partial charge in [0.2, 0.25) is 11.8 Å². The summed E-state index contributed by atoms with van der Waals surface area (Å²) >= 11 is 0. The zero-order valence-electron chi connectivity index (χ0n) is 15.0. The van der Waals surface area contributed by atoms with Crippen molar-refractivity contribution in [3.05, 3.63) is 54.1 Å². The fourth-order valence-electron chi connectivity index (χ4n) is 2.86. The molecule has 0 aromatic heterocycles. The van der Waals surface area contributed by atoms with Crippen molar-refractivity contribution in [1.82, 2.24) is 5.32 Å². The van der Waals surface area contributed by atoms with E-state index in [1.807, 2.05) is 0 Å². The Balaban J connectivity index is 1.50. The minimum atomic E-state index is -0.337. The van der Waals surface area contributed by atoms with Gasteiger partial charge >= 0.3 is 0 Å². The van der Waals surface area contributed by atoms with Gasteiger partial charge in [-0.25, -0.2) is 0 Å². The number of nitrogens with one attached hydrogen (secondary N) is 2. The van der Waals surface area contributed by atoms with Gasteiger partial charge in [0, 0.05) is 29.9 Å². The summed E-state index contributed by atoms with van der Waals surface area (Å²) < 4.78 is 5.04. The Labute approximate surface area is 157 Å². The third-order valence-corrected chi connectivity index (χ3v) is 4.30. The number of carbonyl (C=O) groups is 3. The summed E-state index contributed by atoms with van der Waals surface area (Å²) in [6.07, 6.45) is 1.44. The van der Waals surface area contributed by atoms with Gasteiger partial charge in [0.05, 0.1) is 13.7 Å². The highest BCUT2D eigenvalue weighted by Gasteiger charge is 2.21. The average molecular weight is 367 g/mol. The van der Waals surface area contributed by atoms with Crippen molar-refractivity contribution < 1.29 is 19.1 Å². The minimum absolute atomic E-state index is 0.119. The van der Waals surface area contributed by atoms with Gasteiger partial charge in [-0.1, -0.05) is 0 Å². The monoisotopic (exact) mass is 367 g/mol. The molecule has 1 aliphatic heterocycles. The molecular formula is C20H21N3O4. The van der Waals surface area contributed by atoms with Crippen molar-refractivity contribution in [1.29, 1.82) is 0 Å². The maximum atomic E-state index is 12.1. The van der Waals surface area contributed by atoms with E-state index < -0.39 is 0 Å². The number of methoxy groups -OCH3 is 1. The first-order chi connectivity index (χ1) is 13.1. The second-order valence-electron chi connectivity index (χ2n) is 6.16. The van der Waals surface area contributed by atoms with E-state index in [4.69, 9.17) is 4.74 Å². The van der Waals surface area contributed by atoms with E-state index in [9.17, 15) is 14.4 Å². The number of ether oxygens (including phenoxy) is 1. The summed E-state index contributed by atoms with van der Waals surface area (Å²) in [6.45, 7) is 0.582. The molecular weight excluding hydrogens is 346 g/mol. The molecule has 2 aromatic rings. The molecule has 1 heterocycles. The highest BCUT2D eigenvalue weighted by molar-refractivity contribution is 5.99. The molecule has 1 saturated heterocycles. The molecule has 7 nitrogen and oxygen atoms in total. The molecule has 2 aromatic carbocycles. The van der Waals surface area contributed by atoms with E-state index >= 15 is 0 Å². The molecule has 0 bridgehead atoms. The van der Waals surface area contributed by atoms with Crippen LogP contribution in [0.25, 0.3) is 0 Å². The molecule has 1 aliphatic rings. The van der Waals surface area contributed by atoms with Crippen molar-refractivity contribution in [3.8, 4) is 5.75 Å². The van der Waals surface area contributed by atoms with Gasteiger partial charge < -0.3 is 20.3 Å². The van der Waals surface area contributed by atoms with Crippen LogP contribution in [-0.4, -0.2) is 37.9 Å². The minimum Gasteiger partial charge on any atom is -0.497 e. The third kappa shape index (κ3) is 4.63. The highest BCUT2D eigenvalue weighted by Crippen LogP contribution is 2.22. The molecule has 3 rings (SSSR count). The SMILES string of the molecule is COc1ccc(C(=O)NCC(=O)Nc2ccc(N3CCCC3=O)cc2)cc1. The van der Waals surface area contributed by atoms with Crippen LogP contribution in [0.1, 0.15) is 23.2 Å². The Bertz CT molecular complexity index is 831. The summed E-state index contributed by atoms with van der Waals surface area (Å²) in [5.74, 6) is 0.106. The fourth-order valence-corrected chi connectivity index (χ4v) is 2.86. The summed E-state index contributed by atoms with van der Waals surface area (Å²) in [7, 11) is 1.55. The fraction of sp³-hybridized carbons (Fsp3) is 0.250. The predicted octanol–water partition coefficient (Wildman–Crippen LogP) is 2.19. The van der Waals surface area contributed by atoms with E-state index in [2.05, 4.69) is 10.6 Å². The smallest absolute Gasteiger partial charge is 0.251 e. The normalized spacial score (nSPS) is 13.4. The van der Waals surface area contributed by atoms with Gasteiger partial charge in [0.15, 0.2) is 0 Å². The molecule has 0 spiro atoms. The first-order valence-corrected chi connectivity index (χ1v) is 8.69. The molecule has 27 heavy (non-hydrogen) atoms. The van der Waals surface area contributed by atoms with Crippen molar-refractivity contribution >= 4 is 29.1 Å². The topological polar surface area (TPSA) is 87.7 Å². The molecule has 0 atom stereocenters. The second-order valence-corrected chi connectivity index (χ2v) is 6.16. The van der Waals surface area contributed by atoms with E-state index in [1.165, 1.54) is 0 Å². The van der Waals surface area contributed by atoms with Gasteiger partial charge in [-0.15, -0.1) is 0 Å². The summed E-state index contributed by atoms with van der Waals surface area (Å²) in [6, 6.07) is 13.7. The molecule has 0 unspecified atom stereocenters. The lowest BCUT2D eigenvalue weighted by Gasteiger charge is -2.16. The van der Waals surface area contributed by atoms with Crippen LogP contribution >= 0.6 is 0 Å². The van der Waals surface area contributed by atoms with Crippen molar-refractivity contribution in [2.45, 2.75) is 12.8 Å². The number of carbonyl (C=O) groups excluding carboxylic acids is 3. The number of nitrogens with zero attached hydrogens (tertiary/aromatic N) is 1. The number of benzene rings is 2. The average Bonchev–Trinajstić information content (AvgIpc) is 3.12. The van der Waals surface area contributed by atoms with Crippen molar-refractivity contribution in [3.63, 3.8) is 0 Å². The van der Waals surface area contributed by atoms with E-state index in [0.717, 1.165) is 18.7 Å². The molecule has 0 radical (unpaired) electrons. The van der Waals surface area contributed by atoms with E-state index in [0.29, 0.717) is 23.4 Å². The van der Waals surface area contributed by atoms with Gasteiger partial charge in [-0.3, -0.25) is 14.4 Å². The van der Waals surface area contributed by atoms with Gasteiger partial charge in [0.25, 0.3) is 5.91 Å². The molecule has 0 aliphatic carbocycles. The van der Waals surface area contributed by atoms with Crippen molar-refractivity contribution in [2.24, 2.45) is 0 Å². The van der Waals surface area contributed by atoms with Crippen LogP contribution in [0.5, 0.6) is 5.75 Å². The number of amides is 3. The number of hydrogen-bond acceptors (Lipinski definition) is 4. The lowest BCUT2D eigenvalue weighted by Crippen LogP contribution is -2.32. The molecule has 140 valence electrons. The maximum absolute atomic E-state index is 12.1. The van der Waals surface area contributed by atoms with Gasteiger partial charge in [0.1, 0.15) is 5.75 Å². The zero-order chi connectivity index (χ0) is 19.2. The number of anilines is 2. The predicted molar refractivity (Wildman–Crippen MR) is 102 cm³/mol. The summed E-state index contributed by atoms with van der Waals surface area (Å²) in [5.41, 5.74) is 1.88. The molecule has 7 heteroatoms. The van der Waals surface area contributed by atoms with Crippen LogP contribution in [0.4, 0.5) is 11.4 Å². The van der Waals surface area contributed by atoms with E-state index in [-0.39, 0.29) is 24.3 Å². The second kappa shape index (κ2) is 8.35. The quantitative estimate of drug-likeness (QED) is 0.819. The highest BCUT2D eigenvalue weighted by atomic mass is 16.5. The Morgan fingerprint density at radius 3 is 2.37 bits per heavy atom. The molecule has 3 amide bonds. The van der Waals surface area contributed by atoms with Crippen molar-refractivity contribution in [2.75, 3.05) is 30.4 Å². The zero-order valence-corrected chi connectivity index (χ0v) is 15.0. The van der Waals surface area contributed by atoms with Crippen LogP contribution in [0.15, 0.2) is 48.5 Å². The Morgan fingerprint density at radius 1 is 1.07 bits per heavy atom. The lowest BCUT2D eigenvalue weighted by molar-refractivity contribution is -0.117.